The topological polar surface area (TPSA) is 78.4 Å². The van der Waals surface area contributed by atoms with Gasteiger partial charge in [-0.15, -0.1) is 0 Å². The lowest BCUT2D eigenvalue weighted by Gasteiger charge is -2.30. The summed E-state index contributed by atoms with van der Waals surface area (Å²) in [6, 6.07) is 8.94. The van der Waals surface area contributed by atoms with E-state index in [1.54, 1.807) is 0 Å². The van der Waals surface area contributed by atoms with Crippen LogP contribution in [0, 0.1) is 0 Å². The van der Waals surface area contributed by atoms with E-state index in [1.165, 1.54) is 12.5 Å². The van der Waals surface area contributed by atoms with Gasteiger partial charge in [-0.1, -0.05) is 30.3 Å². The lowest BCUT2D eigenvalue weighted by molar-refractivity contribution is -0.141. The van der Waals surface area contributed by atoms with Crippen LogP contribution in [-0.4, -0.2) is 35.6 Å². The minimum absolute atomic E-state index is 0.236. The van der Waals surface area contributed by atoms with Crippen molar-refractivity contribution in [2.24, 2.45) is 0 Å². The van der Waals surface area contributed by atoms with Gasteiger partial charge >= 0.3 is 5.97 Å². The Morgan fingerprint density at radius 1 is 1.35 bits per heavy atom. The molecule has 1 aromatic rings. The first-order valence-corrected chi connectivity index (χ1v) is 6.89. The van der Waals surface area contributed by atoms with Crippen molar-refractivity contribution in [3.05, 3.63) is 35.9 Å². The van der Waals surface area contributed by atoms with Crippen molar-refractivity contribution in [2.45, 2.75) is 37.8 Å². The Labute approximate surface area is 118 Å². The van der Waals surface area contributed by atoms with E-state index in [9.17, 15) is 9.59 Å². The molecule has 20 heavy (non-hydrogen) atoms. The van der Waals surface area contributed by atoms with E-state index in [1.807, 2.05) is 18.2 Å². The number of hydrogen-bond acceptors (Lipinski definition) is 3. The molecule has 1 unspecified atom stereocenters. The van der Waals surface area contributed by atoms with Crippen LogP contribution in [-0.2, 0) is 9.59 Å². The minimum atomic E-state index is -1.02. The number of carbonyl (C=O) groups excluding carboxylic acids is 1. The summed E-state index contributed by atoms with van der Waals surface area (Å²) < 4.78 is 0. The highest BCUT2D eigenvalue weighted by Gasteiger charge is 2.29. The second kappa shape index (κ2) is 6.52. The minimum Gasteiger partial charge on any atom is -0.480 e. The molecular weight excluding hydrogens is 256 g/mol. The molecule has 2 rings (SSSR count). The number of carboxylic acids is 1. The van der Waals surface area contributed by atoms with E-state index in [2.05, 4.69) is 22.8 Å². The molecule has 0 aliphatic carbocycles. The van der Waals surface area contributed by atoms with Gasteiger partial charge in [0, 0.05) is 0 Å². The number of carbonyl (C=O) groups is 2. The summed E-state index contributed by atoms with van der Waals surface area (Å²) in [5, 5.41) is 14.5. The van der Waals surface area contributed by atoms with Crippen molar-refractivity contribution in [1.82, 2.24) is 10.6 Å². The molecule has 1 saturated heterocycles. The van der Waals surface area contributed by atoms with Crippen molar-refractivity contribution in [2.75, 3.05) is 6.54 Å². The van der Waals surface area contributed by atoms with E-state index in [0.29, 0.717) is 12.3 Å². The Morgan fingerprint density at radius 2 is 2.05 bits per heavy atom. The highest BCUT2D eigenvalue weighted by molar-refractivity contribution is 5.86. The number of carboxylic acid groups (broad SMARTS) is 1. The van der Waals surface area contributed by atoms with Crippen molar-refractivity contribution >= 4 is 11.9 Å². The van der Waals surface area contributed by atoms with Gasteiger partial charge in [-0.05, 0) is 37.8 Å². The number of hydrogen-bond donors (Lipinski definition) is 3. The van der Waals surface area contributed by atoms with Gasteiger partial charge in [-0.3, -0.25) is 9.59 Å². The van der Waals surface area contributed by atoms with Gasteiger partial charge in [0.15, 0.2) is 0 Å². The van der Waals surface area contributed by atoms with Gasteiger partial charge in [0.2, 0.25) is 5.91 Å². The summed E-state index contributed by atoms with van der Waals surface area (Å²) in [6.45, 7) is 2.23. The SMILES string of the molecule is CC(NC(=O)[C@H]1C[C@@H](c2ccccc2)CCN1)C(=O)O. The van der Waals surface area contributed by atoms with Crippen LogP contribution in [0.15, 0.2) is 30.3 Å². The summed E-state index contributed by atoms with van der Waals surface area (Å²) >= 11 is 0. The number of benzene rings is 1. The fourth-order valence-electron chi connectivity index (χ4n) is 2.52. The van der Waals surface area contributed by atoms with Crippen LogP contribution in [0.3, 0.4) is 0 Å². The van der Waals surface area contributed by atoms with E-state index in [4.69, 9.17) is 5.11 Å². The largest absolute Gasteiger partial charge is 0.480 e. The molecule has 0 radical (unpaired) electrons. The quantitative estimate of drug-likeness (QED) is 0.770. The van der Waals surface area contributed by atoms with Crippen LogP contribution in [0.4, 0.5) is 0 Å². The lowest BCUT2D eigenvalue weighted by atomic mass is 9.86. The predicted molar refractivity (Wildman–Crippen MR) is 75.4 cm³/mol. The Morgan fingerprint density at radius 3 is 2.70 bits per heavy atom. The molecule has 1 fully saturated rings. The summed E-state index contributed by atoms with van der Waals surface area (Å²) in [6.07, 6.45) is 1.68. The number of aliphatic carboxylic acids is 1. The number of nitrogens with one attached hydrogen (secondary N) is 2. The molecule has 3 atom stereocenters. The average Bonchev–Trinajstić information content (AvgIpc) is 2.48. The zero-order chi connectivity index (χ0) is 14.5. The third kappa shape index (κ3) is 3.57. The Bertz CT molecular complexity index is 475. The van der Waals surface area contributed by atoms with Gasteiger partial charge in [-0.25, -0.2) is 0 Å². The molecule has 0 saturated carbocycles. The van der Waals surface area contributed by atoms with Gasteiger partial charge in [0.05, 0.1) is 6.04 Å². The van der Waals surface area contributed by atoms with Crippen molar-refractivity contribution in [1.29, 1.82) is 0 Å². The summed E-state index contributed by atoms with van der Waals surface area (Å²) in [4.78, 5) is 22.8. The normalized spacial score (nSPS) is 23.9. The lowest BCUT2D eigenvalue weighted by Crippen LogP contribution is -2.51. The Balaban J connectivity index is 1.97. The second-order valence-electron chi connectivity index (χ2n) is 5.21. The van der Waals surface area contributed by atoms with Crippen LogP contribution in [0.25, 0.3) is 0 Å². The van der Waals surface area contributed by atoms with Crippen LogP contribution in [0.5, 0.6) is 0 Å². The van der Waals surface area contributed by atoms with Gasteiger partial charge in [-0.2, -0.15) is 0 Å². The molecule has 0 aromatic heterocycles. The van der Waals surface area contributed by atoms with E-state index in [-0.39, 0.29) is 11.9 Å². The summed E-state index contributed by atoms with van der Waals surface area (Å²) in [5.41, 5.74) is 1.23. The molecule has 1 aliphatic rings. The zero-order valence-corrected chi connectivity index (χ0v) is 11.5. The third-order valence-corrected chi connectivity index (χ3v) is 3.72. The molecule has 3 N–H and O–H groups in total. The molecular formula is C15H20N2O3. The van der Waals surface area contributed by atoms with Crippen LogP contribution < -0.4 is 10.6 Å². The van der Waals surface area contributed by atoms with E-state index < -0.39 is 12.0 Å². The standard InChI is InChI=1S/C15H20N2O3/c1-10(15(19)20)17-14(18)13-9-12(7-8-16-13)11-5-3-2-4-6-11/h2-6,10,12-13,16H,7-9H2,1H3,(H,17,18)(H,19,20)/t10?,12-,13+/m0/s1. The average molecular weight is 276 g/mol. The summed E-state index contributed by atoms with van der Waals surface area (Å²) in [5.74, 6) is -0.914. The molecule has 5 nitrogen and oxygen atoms in total. The smallest absolute Gasteiger partial charge is 0.325 e. The van der Waals surface area contributed by atoms with Crippen LogP contribution >= 0.6 is 0 Å². The second-order valence-corrected chi connectivity index (χ2v) is 5.21. The molecule has 0 spiro atoms. The van der Waals surface area contributed by atoms with Gasteiger partial charge in [0.1, 0.15) is 6.04 Å². The van der Waals surface area contributed by atoms with Gasteiger partial charge < -0.3 is 15.7 Å². The highest BCUT2D eigenvalue weighted by Crippen LogP contribution is 2.27. The molecule has 0 bridgehead atoms. The van der Waals surface area contributed by atoms with Gasteiger partial charge in [0.25, 0.3) is 0 Å². The molecule has 1 heterocycles. The fourth-order valence-corrected chi connectivity index (χ4v) is 2.52. The molecule has 5 heteroatoms. The highest BCUT2D eigenvalue weighted by atomic mass is 16.4. The first-order chi connectivity index (χ1) is 9.58. The number of rotatable bonds is 4. The molecule has 1 aromatic carbocycles. The van der Waals surface area contributed by atoms with Crippen molar-refractivity contribution in [3.63, 3.8) is 0 Å². The monoisotopic (exact) mass is 276 g/mol. The number of amides is 1. The molecule has 1 amide bonds. The molecule has 108 valence electrons. The fraction of sp³-hybridized carbons (Fsp3) is 0.467. The summed E-state index contributed by atoms with van der Waals surface area (Å²) in [7, 11) is 0. The Hall–Kier alpha value is -1.88. The number of piperidine rings is 1. The van der Waals surface area contributed by atoms with E-state index >= 15 is 0 Å². The maximum absolute atomic E-state index is 12.1. The maximum atomic E-state index is 12.1. The zero-order valence-electron chi connectivity index (χ0n) is 11.5. The first kappa shape index (κ1) is 14.5. The molecule has 1 aliphatic heterocycles. The van der Waals surface area contributed by atoms with E-state index in [0.717, 1.165) is 13.0 Å². The van der Waals surface area contributed by atoms with Crippen molar-refractivity contribution < 1.29 is 14.7 Å². The third-order valence-electron chi connectivity index (χ3n) is 3.72. The predicted octanol–water partition coefficient (Wildman–Crippen LogP) is 1.11. The van der Waals surface area contributed by atoms with Crippen molar-refractivity contribution in [3.8, 4) is 0 Å². The van der Waals surface area contributed by atoms with Crippen LogP contribution in [0.2, 0.25) is 0 Å². The maximum Gasteiger partial charge on any atom is 0.325 e. The Kier molecular flexibility index (Phi) is 4.74. The first-order valence-electron chi connectivity index (χ1n) is 6.89. The van der Waals surface area contributed by atoms with Crippen LogP contribution in [0.1, 0.15) is 31.2 Å².